The first kappa shape index (κ1) is 24.3. The lowest BCUT2D eigenvalue weighted by atomic mass is 9.49. The summed E-state index contributed by atoms with van der Waals surface area (Å²) in [7, 11) is 0. The number of fused-ring (bicyclic) bond motifs is 6. The topological polar surface area (TPSA) is 41.9 Å². The fourth-order valence-corrected chi connectivity index (χ4v) is 5.99. The molecule has 0 fully saturated rings. The third-order valence-corrected chi connectivity index (χ3v) is 7.94. The number of hydrogen-bond acceptors (Lipinski definition) is 4. The van der Waals surface area contributed by atoms with Gasteiger partial charge in [-0.3, -0.25) is 0 Å². The Kier molecular flexibility index (Phi) is 5.85. The summed E-state index contributed by atoms with van der Waals surface area (Å²) < 4.78 is 0. The molecular weight excluding hydrogens is 511 g/mol. The fourth-order valence-electron chi connectivity index (χ4n) is 5.99. The van der Waals surface area contributed by atoms with Crippen molar-refractivity contribution in [2.45, 2.75) is 0 Å². The molecule has 0 atom stereocenters. The number of rotatable bonds is 4. The molecule has 0 N–H and O–H groups in total. The smallest absolute Gasteiger partial charge is 0.320 e. The Hall–Kier alpha value is -5.55. The minimum absolute atomic E-state index is 0.121. The van der Waals surface area contributed by atoms with E-state index < -0.39 is 0 Å². The van der Waals surface area contributed by atoms with Crippen LogP contribution in [0.1, 0.15) is 0 Å². The van der Waals surface area contributed by atoms with Crippen molar-refractivity contribution in [2.24, 2.45) is 0 Å². The molecule has 2 aliphatic rings. The summed E-state index contributed by atoms with van der Waals surface area (Å²) >= 11 is 0. The summed E-state index contributed by atoms with van der Waals surface area (Å²) in [4.78, 5) is 17.4. The van der Waals surface area contributed by atoms with E-state index in [1.54, 1.807) is 0 Å². The van der Waals surface area contributed by atoms with Gasteiger partial charge in [0.25, 0.3) is 0 Å². The number of aromatic nitrogens is 3. The number of nitrogens with zero attached hydrogens (tertiary/aromatic N) is 4. The average Bonchev–Trinajstić information content (AvgIpc) is 3.09. The van der Waals surface area contributed by atoms with Gasteiger partial charge in [-0.05, 0) is 46.6 Å². The average molecular weight is 536 g/mol. The molecule has 5 aromatic carbocycles. The van der Waals surface area contributed by atoms with E-state index >= 15 is 0 Å². The first-order valence-corrected chi connectivity index (χ1v) is 14.2. The molecule has 0 aliphatic carbocycles. The molecule has 6 aromatic rings. The quantitative estimate of drug-likeness (QED) is 0.215. The monoisotopic (exact) mass is 536 g/mol. The molecule has 42 heavy (non-hydrogen) atoms. The molecule has 3 heterocycles. The summed E-state index contributed by atoms with van der Waals surface area (Å²) in [6.45, 7) is 0.121. The van der Waals surface area contributed by atoms with E-state index in [0.29, 0.717) is 17.5 Å². The van der Waals surface area contributed by atoms with Gasteiger partial charge in [0, 0.05) is 27.9 Å². The van der Waals surface area contributed by atoms with Crippen LogP contribution in [0.4, 0.5) is 5.69 Å². The number of benzene rings is 5. The van der Waals surface area contributed by atoms with Gasteiger partial charge < -0.3 is 4.81 Å². The van der Waals surface area contributed by atoms with Crippen LogP contribution >= 0.6 is 0 Å². The van der Waals surface area contributed by atoms with Gasteiger partial charge in [-0.1, -0.05) is 127 Å². The fraction of sp³-hybridized carbons (Fsp3) is 0. The molecule has 5 heteroatoms. The summed E-state index contributed by atoms with van der Waals surface area (Å²) in [6, 6.07) is 44.1. The van der Waals surface area contributed by atoms with Crippen molar-refractivity contribution in [1.29, 1.82) is 0 Å². The second-order valence-electron chi connectivity index (χ2n) is 10.5. The van der Waals surface area contributed by atoms with Crippen molar-refractivity contribution in [3.05, 3.63) is 152 Å². The minimum atomic E-state index is 0.121. The van der Waals surface area contributed by atoms with E-state index in [2.05, 4.69) is 95.9 Å². The highest BCUT2D eigenvalue weighted by atomic mass is 15.1. The highest BCUT2D eigenvalue weighted by Gasteiger charge is 2.34. The van der Waals surface area contributed by atoms with E-state index in [1.807, 2.05) is 60.7 Å². The van der Waals surface area contributed by atoms with Gasteiger partial charge >= 0.3 is 6.85 Å². The third kappa shape index (κ3) is 4.14. The van der Waals surface area contributed by atoms with Gasteiger partial charge in [-0.2, -0.15) is 0 Å². The minimum Gasteiger partial charge on any atom is -0.383 e. The number of hydrogen-bond donors (Lipinski definition) is 0. The van der Waals surface area contributed by atoms with Crippen LogP contribution in [0.5, 0.6) is 0 Å². The van der Waals surface area contributed by atoms with Crippen molar-refractivity contribution >= 4 is 18.0 Å². The molecule has 0 unspecified atom stereocenters. The van der Waals surface area contributed by atoms with Crippen LogP contribution in [0, 0.1) is 0 Å². The van der Waals surface area contributed by atoms with Crippen molar-refractivity contribution in [3.63, 3.8) is 0 Å². The molecule has 0 radical (unpaired) electrons. The molecule has 0 saturated carbocycles. The Balaban J connectivity index is 1.42. The van der Waals surface area contributed by atoms with Crippen molar-refractivity contribution in [1.82, 2.24) is 15.0 Å². The molecule has 2 aliphatic heterocycles. The van der Waals surface area contributed by atoms with Crippen molar-refractivity contribution < 1.29 is 0 Å². The maximum absolute atomic E-state index is 5.06. The Labute approximate surface area is 245 Å². The molecule has 0 spiro atoms. The zero-order valence-corrected chi connectivity index (χ0v) is 22.8. The Bertz CT molecular complexity index is 1930. The molecule has 196 valence electrons. The SMILES string of the molecule is C1=CB2c3ccccc3-c3c(-c4ccccc4)cc(-c4nc(-c5ccccc5)nc(-c5ccccc5)n4)cc3N2C=C1. The predicted octanol–water partition coefficient (Wildman–Crippen LogP) is 7.85. The Morgan fingerprint density at radius 3 is 1.67 bits per heavy atom. The Morgan fingerprint density at radius 2 is 1.02 bits per heavy atom. The third-order valence-electron chi connectivity index (χ3n) is 7.94. The standard InChI is InChI=1S/C37H25BN4/c1-4-14-26(15-5-1)31-24-29(25-33-34(31)30-20-10-11-21-32(30)38-22-12-13-23-42(33)38)37-40-35(27-16-6-2-7-17-27)39-36(41-37)28-18-8-3-9-19-28/h1-25H. The van der Waals surface area contributed by atoms with E-state index in [1.165, 1.54) is 16.6 Å². The second kappa shape index (κ2) is 10.1. The molecular formula is C37H25BN4. The van der Waals surface area contributed by atoms with Gasteiger partial charge in [0.2, 0.25) is 0 Å². The molecule has 0 saturated heterocycles. The van der Waals surface area contributed by atoms with Gasteiger partial charge in [-0.25, -0.2) is 15.0 Å². The van der Waals surface area contributed by atoms with Crippen LogP contribution in [-0.2, 0) is 0 Å². The molecule has 0 amide bonds. The lowest BCUT2D eigenvalue weighted by Crippen LogP contribution is -2.49. The largest absolute Gasteiger partial charge is 0.383 e. The maximum Gasteiger partial charge on any atom is 0.320 e. The lowest BCUT2D eigenvalue weighted by molar-refractivity contribution is 1.07. The van der Waals surface area contributed by atoms with Gasteiger partial charge in [-0.15, -0.1) is 0 Å². The van der Waals surface area contributed by atoms with Crippen molar-refractivity contribution in [2.75, 3.05) is 4.81 Å². The van der Waals surface area contributed by atoms with Gasteiger partial charge in [0.1, 0.15) is 0 Å². The molecule has 1 aromatic heterocycles. The van der Waals surface area contributed by atoms with E-state index in [-0.39, 0.29) is 6.85 Å². The van der Waals surface area contributed by atoms with Crippen molar-refractivity contribution in [3.8, 4) is 56.4 Å². The van der Waals surface area contributed by atoms with E-state index in [0.717, 1.165) is 33.5 Å². The lowest BCUT2D eigenvalue weighted by Gasteiger charge is -2.37. The van der Waals surface area contributed by atoms with Crippen LogP contribution in [0.3, 0.4) is 0 Å². The summed E-state index contributed by atoms with van der Waals surface area (Å²) in [5.74, 6) is 4.22. The Morgan fingerprint density at radius 1 is 0.476 bits per heavy atom. The van der Waals surface area contributed by atoms with E-state index in [9.17, 15) is 0 Å². The summed E-state index contributed by atoms with van der Waals surface area (Å²) in [5.41, 5.74) is 10.1. The van der Waals surface area contributed by atoms with Crippen LogP contribution in [0.2, 0.25) is 0 Å². The zero-order chi connectivity index (χ0) is 27.9. The molecule has 0 bridgehead atoms. The number of allylic oxidation sites excluding steroid dienone is 2. The zero-order valence-electron chi connectivity index (χ0n) is 22.8. The highest BCUT2D eigenvalue weighted by Crippen LogP contribution is 2.45. The van der Waals surface area contributed by atoms with E-state index in [4.69, 9.17) is 15.0 Å². The van der Waals surface area contributed by atoms with Crippen LogP contribution in [0.25, 0.3) is 56.4 Å². The summed E-state index contributed by atoms with van der Waals surface area (Å²) in [5, 5.41) is 0. The second-order valence-corrected chi connectivity index (χ2v) is 10.5. The van der Waals surface area contributed by atoms with Crippen LogP contribution in [-0.4, -0.2) is 21.8 Å². The first-order valence-electron chi connectivity index (χ1n) is 14.2. The van der Waals surface area contributed by atoms with Gasteiger partial charge in [0.05, 0.1) is 0 Å². The number of anilines is 1. The first-order chi connectivity index (χ1) is 20.8. The molecule has 8 rings (SSSR count). The van der Waals surface area contributed by atoms with Crippen LogP contribution < -0.4 is 10.3 Å². The summed E-state index contributed by atoms with van der Waals surface area (Å²) in [6.07, 6.45) is 6.42. The molecule has 4 nitrogen and oxygen atoms in total. The normalized spacial score (nSPS) is 13.0. The maximum atomic E-state index is 5.06. The predicted molar refractivity (Wildman–Crippen MR) is 173 cm³/mol. The highest BCUT2D eigenvalue weighted by molar-refractivity contribution is 6.83. The van der Waals surface area contributed by atoms with Crippen LogP contribution in [0.15, 0.2) is 152 Å². The van der Waals surface area contributed by atoms with Gasteiger partial charge in [0.15, 0.2) is 17.5 Å².